The molecule has 2 aliphatic rings. The Morgan fingerprint density at radius 2 is 1.79 bits per heavy atom. The molecule has 2 amide bonds. The summed E-state index contributed by atoms with van der Waals surface area (Å²) in [5, 5.41) is 0. The number of hydrogen-bond acceptors (Lipinski definition) is 4. The fourth-order valence-electron chi connectivity index (χ4n) is 3.56. The van der Waals surface area contributed by atoms with Crippen molar-refractivity contribution < 1.29 is 23.5 Å². The molecule has 0 N–H and O–H groups in total. The lowest BCUT2D eigenvalue weighted by atomic mass is 9.81. The number of likely N-dealkylation sites (tertiary alicyclic amines) is 1. The molecule has 1 aromatic carbocycles. The lowest BCUT2D eigenvalue weighted by Gasteiger charge is -2.21. The number of imide groups is 1. The van der Waals surface area contributed by atoms with Crippen LogP contribution in [-0.4, -0.2) is 28.7 Å². The number of esters is 1. The third kappa shape index (κ3) is 2.92. The van der Waals surface area contributed by atoms with E-state index < -0.39 is 17.8 Å². The number of carbonyl (C=O) groups excluding carboxylic acids is 3. The second-order valence-electron chi connectivity index (χ2n) is 6.42. The molecule has 3 rings (SSSR count). The molecule has 0 bridgehead atoms. The molecule has 0 spiro atoms. The standard InChI is InChI=1S/C18H20FNO4/c1-11(18(23)24-10-12-6-2-5-9-15(12)19)20-16(21)13-7-3-4-8-14(13)17(20)22/h2,5-6,9,11,13-14H,3-4,7-8,10H2,1H3. The molecule has 0 radical (unpaired) electrons. The van der Waals surface area contributed by atoms with Crippen LogP contribution in [0.1, 0.15) is 38.2 Å². The van der Waals surface area contributed by atoms with Crippen LogP contribution in [0, 0.1) is 17.7 Å². The Bertz CT molecular complexity index is 651. The summed E-state index contributed by atoms with van der Waals surface area (Å²) in [4.78, 5) is 38.2. The highest BCUT2D eigenvalue weighted by atomic mass is 19.1. The quantitative estimate of drug-likeness (QED) is 0.627. The van der Waals surface area contributed by atoms with E-state index in [2.05, 4.69) is 0 Å². The number of ether oxygens (including phenoxy) is 1. The molecule has 3 atom stereocenters. The molecule has 2 fully saturated rings. The van der Waals surface area contributed by atoms with Gasteiger partial charge in [0, 0.05) is 5.56 Å². The highest BCUT2D eigenvalue weighted by molar-refractivity contribution is 6.07. The van der Waals surface area contributed by atoms with Crippen molar-refractivity contribution in [1.82, 2.24) is 4.90 Å². The molecule has 0 aromatic heterocycles. The van der Waals surface area contributed by atoms with Crippen LogP contribution in [0.2, 0.25) is 0 Å². The van der Waals surface area contributed by atoms with Crippen molar-refractivity contribution in [3.63, 3.8) is 0 Å². The summed E-state index contributed by atoms with van der Waals surface area (Å²) in [5.74, 6) is -2.31. The SMILES string of the molecule is CC(C(=O)OCc1ccccc1F)N1C(=O)C2CCCCC2C1=O. The van der Waals surface area contributed by atoms with E-state index in [4.69, 9.17) is 4.74 Å². The van der Waals surface area contributed by atoms with Gasteiger partial charge in [-0.3, -0.25) is 14.5 Å². The van der Waals surface area contributed by atoms with E-state index in [1.807, 2.05) is 0 Å². The first-order valence-corrected chi connectivity index (χ1v) is 8.27. The maximum atomic E-state index is 13.6. The number of amides is 2. The van der Waals surface area contributed by atoms with Gasteiger partial charge in [0.25, 0.3) is 0 Å². The first kappa shape index (κ1) is 16.6. The fourth-order valence-corrected chi connectivity index (χ4v) is 3.56. The summed E-state index contributed by atoms with van der Waals surface area (Å²) in [5.41, 5.74) is 0.255. The molecule has 1 aliphatic carbocycles. The Morgan fingerprint density at radius 1 is 1.21 bits per heavy atom. The molecule has 1 aromatic rings. The lowest BCUT2D eigenvalue weighted by molar-refractivity contribution is -0.159. The number of nitrogens with zero attached hydrogens (tertiary/aromatic N) is 1. The van der Waals surface area contributed by atoms with Crippen LogP contribution in [0.5, 0.6) is 0 Å². The average molecular weight is 333 g/mol. The summed E-state index contributed by atoms with van der Waals surface area (Å²) < 4.78 is 18.7. The van der Waals surface area contributed by atoms with E-state index in [9.17, 15) is 18.8 Å². The maximum Gasteiger partial charge on any atom is 0.329 e. The summed E-state index contributed by atoms with van der Waals surface area (Å²) in [6.45, 7) is 1.26. The van der Waals surface area contributed by atoms with Crippen molar-refractivity contribution in [3.05, 3.63) is 35.6 Å². The smallest absolute Gasteiger partial charge is 0.329 e. The minimum atomic E-state index is -0.984. The Hall–Kier alpha value is -2.24. The van der Waals surface area contributed by atoms with Crippen LogP contribution < -0.4 is 0 Å². The van der Waals surface area contributed by atoms with Gasteiger partial charge in [0.2, 0.25) is 11.8 Å². The number of fused-ring (bicyclic) bond motifs is 1. The van der Waals surface area contributed by atoms with Gasteiger partial charge in [-0.05, 0) is 25.8 Å². The fraction of sp³-hybridized carbons (Fsp3) is 0.500. The largest absolute Gasteiger partial charge is 0.459 e. The van der Waals surface area contributed by atoms with Crippen molar-refractivity contribution in [2.45, 2.75) is 45.3 Å². The normalized spacial score (nSPS) is 24.7. The molecule has 3 unspecified atom stereocenters. The number of halogens is 1. The second kappa shape index (κ2) is 6.71. The summed E-state index contributed by atoms with van der Waals surface area (Å²) >= 11 is 0. The second-order valence-corrected chi connectivity index (χ2v) is 6.42. The highest BCUT2D eigenvalue weighted by Gasteiger charge is 2.51. The van der Waals surface area contributed by atoms with E-state index in [0.29, 0.717) is 12.8 Å². The number of rotatable bonds is 4. The number of hydrogen-bond donors (Lipinski definition) is 0. The van der Waals surface area contributed by atoms with Gasteiger partial charge in [-0.15, -0.1) is 0 Å². The zero-order valence-corrected chi connectivity index (χ0v) is 13.5. The molecule has 1 aliphatic heterocycles. The van der Waals surface area contributed by atoms with Gasteiger partial charge in [0.1, 0.15) is 18.5 Å². The third-order valence-electron chi connectivity index (χ3n) is 4.93. The van der Waals surface area contributed by atoms with Crippen molar-refractivity contribution in [1.29, 1.82) is 0 Å². The molecular weight excluding hydrogens is 313 g/mol. The van der Waals surface area contributed by atoms with Gasteiger partial charge in [0.05, 0.1) is 11.8 Å². The van der Waals surface area contributed by atoms with E-state index in [-0.39, 0.29) is 35.8 Å². The highest BCUT2D eigenvalue weighted by Crippen LogP contribution is 2.38. The molecule has 6 heteroatoms. The predicted octanol–water partition coefficient (Wildman–Crippen LogP) is 2.43. The van der Waals surface area contributed by atoms with Crippen LogP contribution in [0.4, 0.5) is 4.39 Å². The van der Waals surface area contributed by atoms with Crippen molar-refractivity contribution in [3.8, 4) is 0 Å². The van der Waals surface area contributed by atoms with Gasteiger partial charge in [-0.1, -0.05) is 31.0 Å². The zero-order valence-electron chi connectivity index (χ0n) is 13.5. The Labute approximate surface area is 139 Å². The Balaban J connectivity index is 1.66. The minimum absolute atomic E-state index is 0.223. The van der Waals surface area contributed by atoms with E-state index in [0.717, 1.165) is 17.7 Å². The van der Waals surface area contributed by atoms with Gasteiger partial charge in [-0.25, -0.2) is 9.18 Å². The van der Waals surface area contributed by atoms with Gasteiger partial charge >= 0.3 is 5.97 Å². The van der Waals surface area contributed by atoms with Gasteiger partial charge in [0.15, 0.2) is 0 Å². The first-order valence-electron chi connectivity index (χ1n) is 8.27. The van der Waals surface area contributed by atoms with Crippen molar-refractivity contribution >= 4 is 17.8 Å². The monoisotopic (exact) mass is 333 g/mol. The van der Waals surface area contributed by atoms with Crippen LogP contribution in [0.25, 0.3) is 0 Å². The molecule has 1 saturated heterocycles. The predicted molar refractivity (Wildman–Crippen MR) is 83.0 cm³/mol. The Kier molecular flexibility index (Phi) is 4.64. The van der Waals surface area contributed by atoms with E-state index in [1.165, 1.54) is 19.1 Å². The molecular formula is C18H20FNO4. The Morgan fingerprint density at radius 3 is 2.38 bits per heavy atom. The maximum absolute atomic E-state index is 13.6. The first-order chi connectivity index (χ1) is 11.5. The summed E-state index contributed by atoms with van der Waals surface area (Å²) in [6.07, 6.45) is 3.26. The third-order valence-corrected chi connectivity index (χ3v) is 4.93. The van der Waals surface area contributed by atoms with Gasteiger partial charge < -0.3 is 4.74 Å². The molecule has 1 saturated carbocycles. The minimum Gasteiger partial charge on any atom is -0.459 e. The topological polar surface area (TPSA) is 63.7 Å². The molecule has 24 heavy (non-hydrogen) atoms. The van der Waals surface area contributed by atoms with E-state index >= 15 is 0 Å². The van der Waals surface area contributed by atoms with Crippen molar-refractivity contribution in [2.75, 3.05) is 0 Å². The number of carbonyl (C=O) groups is 3. The van der Waals surface area contributed by atoms with Crippen LogP contribution in [0.15, 0.2) is 24.3 Å². The number of benzene rings is 1. The zero-order chi connectivity index (χ0) is 17.3. The molecule has 1 heterocycles. The van der Waals surface area contributed by atoms with E-state index in [1.54, 1.807) is 12.1 Å². The van der Waals surface area contributed by atoms with Crippen LogP contribution >= 0.6 is 0 Å². The van der Waals surface area contributed by atoms with Crippen molar-refractivity contribution in [2.24, 2.45) is 11.8 Å². The van der Waals surface area contributed by atoms with Crippen LogP contribution in [-0.2, 0) is 25.7 Å². The molecule has 5 nitrogen and oxygen atoms in total. The average Bonchev–Trinajstić information content (AvgIpc) is 2.85. The summed E-state index contributed by atoms with van der Waals surface area (Å²) in [7, 11) is 0. The van der Waals surface area contributed by atoms with Gasteiger partial charge in [-0.2, -0.15) is 0 Å². The lowest BCUT2D eigenvalue weighted by Crippen LogP contribution is -2.44. The molecule has 128 valence electrons. The summed E-state index contributed by atoms with van der Waals surface area (Å²) in [6, 6.07) is 5.02. The van der Waals surface area contributed by atoms with Crippen LogP contribution in [0.3, 0.4) is 0 Å².